The predicted molar refractivity (Wildman–Crippen MR) is 105 cm³/mol. The fourth-order valence-electron chi connectivity index (χ4n) is 3.50. The van der Waals surface area contributed by atoms with Gasteiger partial charge in [0, 0.05) is 0 Å². The maximum absolute atomic E-state index is 13.8. The smallest absolute Gasteiger partial charge is 0.282 e. The summed E-state index contributed by atoms with van der Waals surface area (Å²) < 4.78 is 33.3. The fraction of sp³-hybridized carbons (Fsp3) is 0.381. The largest absolute Gasteiger partial charge is 0.492 e. The van der Waals surface area contributed by atoms with Gasteiger partial charge < -0.3 is 19.9 Å². The number of halogens is 2. The van der Waals surface area contributed by atoms with Crippen LogP contribution in [0.4, 0.5) is 20.2 Å². The van der Waals surface area contributed by atoms with Crippen LogP contribution in [-0.2, 0) is 4.79 Å². The van der Waals surface area contributed by atoms with E-state index in [9.17, 15) is 13.6 Å². The number of para-hydroxylation sites is 3. The summed E-state index contributed by atoms with van der Waals surface area (Å²) in [6, 6.07) is 11.0. The van der Waals surface area contributed by atoms with E-state index in [1.807, 2.05) is 31.2 Å². The third-order valence-corrected chi connectivity index (χ3v) is 5.13. The predicted octanol–water partition coefficient (Wildman–Crippen LogP) is 2.10. The van der Waals surface area contributed by atoms with Crippen molar-refractivity contribution in [3.63, 3.8) is 0 Å². The highest BCUT2D eigenvalue weighted by molar-refractivity contribution is 5.93. The zero-order valence-corrected chi connectivity index (χ0v) is 16.2. The second kappa shape index (κ2) is 9.01. The van der Waals surface area contributed by atoms with E-state index in [0.717, 1.165) is 54.6 Å². The Labute approximate surface area is 163 Å². The van der Waals surface area contributed by atoms with Crippen LogP contribution in [0.5, 0.6) is 5.75 Å². The third-order valence-electron chi connectivity index (χ3n) is 5.13. The summed E-state index contributed by atoms with van der Waals surface area (Å²) in [5, 5.41) is 2.40. The lowest BCUT2D eigenvalue weighted by molar-refractivity contribution is -0.914. The van der Waals surface area contributed by atoms with Gasteiger partial charge in [-0.1, -0.05) is 18.2 Å². The molecular weight excluding hydrogens is 364 g/mol. The number of carbonyl (C=O) groups excluding carboxylic acids is 1. The van der Waals surface area contributed by atoms with Gasteiger partial charge in [-0.3, -0.25) is 4.79 Å². The van der Waals surface area contributed by atoms with Gasteiger partial charge in [0.15, 0.2) is 6.04 Å². The second-order valence-corrected chi connectivity index (χ2v) is 6.85. The molecule has 1 fully saturated rings. The van der Waals surface area contributed by atoms with Crippen LogP contribution in [0.1, 0.15) is 13.8 Å². The molecular formula is C21H26F2N3O2+. The molecule has 0 radical (unpaired) electrons. The van der Waals surface area contributed by atoms with E-state index in [2.05, 4.69) is 10.2 Å². The number of nitrogens with zero attached hydrogens (tertiary/aromatic N) is 1. The van der Waals surface area contributed by atoms with E-state index in [4.69, 9.17) is 4.74 Å². The summed E-state index contributed by atoms with van der Waals surface area (Å²) in [5.74, 6) is -1.07. The van der Waals surface area contributed by atoms with Crippen LogP contribution >= 0.6 is 0 Å². The number of benzene rings is 2. The molecule has 1 amide bonds. The monoisotopic (exact) mass is 390 g/mol. The molecule has 5 nitrogen and oxygen atoms in total. The van der Waals surface area contributed by atoms with Gasteiger partial charge in [-0.2, -0.15) is 0 Å². The van der Waals surface area contributed by atoms with E-state index in [0.29, 0.717) is 6.61 Å². The quantitative estimate of drug-likeness (QED) is 0.794. The number of hydrogen-bond acceptors (Lipinski definition) is 3. The summed E-state index contributed by atoms with van der Waals surface area (Å²) >= 11 is 0. The number of carbonyl (C=O) groups is 1. The molecule has 1 heterocycles. The van der Waals surface area contributed by atoms with E-state index >= 15 is 0 Å². The lowest BCUT2D eigenvalue weighted by Crippen LogP contribution is -3.19. The molecule has 1 aliphatic rings. The lowest BCUT2D eigenvalue weighted by Gasteiger charge is -2.36. The standard InChI is InChI=1S/C21H25F2N3O2/c1-3-28-19-10-5-4-9-18(19)26-13-11-25(12-14-26)15(2)21(27)24-20-16(22)7-6-8-17(20)23/h4-10,15H,3,11-14H2,1-2H3,(H,24,27)/p+1/t15-/m1/s1. The minimum absolute atomic E-state index is 0.386. The van der Waals surface area contributed by atoms with Gasteiger partial charge in [-0.15, -0.1) is 0 Å². The average Bonchev–Trinajstić information content (AvgIpc) is 2.71. The summed E-state index contributed by atoms with van der Waals surface area (Å²) in [6.45, 7) is 7.37. The van der Waals surface area contributed by atoms with Gasteiger partial charge >= 0.3 is 0 Å². The fourth-order valence-corrected chi connectivity index (χ4v) is 3.50. The minimum atomic E-state index is -0.770. The first-order valence-electron chi connectivity index (χ1n) is 9.57. The van der Waals surface area contributed by atoms with Crippen molar-refractivity contribution in [2.45, 2.75) is 19.9 Å². The van der Waals surface area contributed by atoms with Gasteiger partial charge in [-0.25, -0.2) is 8.78 Å². The van der Waals surface area contributed by atoms with Crippen LogP contribution < -0.4 is 19.9 Å². The van der Waals surface area contributed by atoms with Crippen molar-refractivity contribution < 1.29 is 23.2 Å². The van der Waals surface area contributed by atoms with Crippen LogP contribution in [0.2, 0.25) is 0 Å². The number of hydrogen-bond donors (Lipinski definition) is 2. The molecule has 1 atom stereocenters. The third kappa shape index (κ3) is 4.42. The van der Waals surface area contributed by atoms with Gasteiger partial charge in [0.2, 0.25) is 0 Å². The van der Waals surface area contributed by atoms with Crippen LogP contribution in [0.15, 0.2) is 42.5 Å². The SMILES string of the molecule is CCOc1ccccc1N1CC[NH+]([C@H](C)C(=O)Nc2c(F)cccc2F)CC1. The zero-order valence-electron chi connectivity index (χ0n) is 16.2. The molecule has 0 spiro atoms. The van der Waals surface area contributed by atoms with Crippen LogP contribution in [0, 0.1) is 11.6 Å². The Morgan fingerprint density at radius 3 is 2.43 bits per heavy atom. The number of piperazine rings is 1. The van der Waals surface area contributed by atoms with E-state index in [1.54, 1.807) is 6.92 Å². The molecule has 2 N–H and O–H groups in total. The van der Waals surface area contributed by atoms with Crippen molar-refractivity contribution in [2.24, 2.45) is 0 Å². The molecule has 2 aromatic carbocycles. The van der Waals surface area contributed by atoms with Crippen LogP contribution in [-0.4, -0.2) is 44.7 Å². The first-order chi connectivity index (χ1) is 13.5. The van der Waals surface area contributed by atoms with Crippen molar-refractivity contribution >= 4 is 17.3 Å². The Bertz CT molecular complexity index is 803. The van der Waals surface area contributed by atoms with Gasteiger partial charge in [0.1, 0.15) is 23.1 Å². The number of ether oxygens (including phenoxy) is 1. The second-order valence-electron chi connectivity index (χ2n) is 6.85. The molecule has 0 aliphatic carbocycles. The highest BCUT2D eigenvalue weighted by atomic mass is 19.1. The van der Waals surface area contributed by atoms with Gasteiger partial charge in [0.05, 0.1) is 38.5 Å². The maximum atomic E-state index is 13.8. The number of rotatable bonds is 6. The molecule has 7 heteroatoms. The number of anilines is 2. The number of amides is 1. The molecule has 1 aliphatic heterocycles. The van der Waals surface area contributed by atoms with Gasteiger partial charge in [0.25, 0.3) is 5.91 Å². The van der Waals surface area contributed by atoms with E-state index in [1.165, 1.54) is 6.07 Å². The van der Waals surface area contributed by atoms with Gasteiger partial charge in [-0.05, 0) is 38.1 Å². The highest BCUT2D eigenvalue weighted by Crippen LogP contribution is 2.27. The Morgan fingerprint density at radius 1 is 1.14 bits per heavy atom. The average molecular weight is 390 g/mol. The Kier molecular flexibility index (Phi) is 6.46. The van der Waals surface area contributed by atoms with Crippen molar-refractivity contribution in [2.75, 3.05) is 43.0 Å². The molecule has 0 bridgehead atoms. The zero-order chi connectivity index (χ0) is 20.1. The van der Waals surface area contributed by atoms with Crippen molar-refractivity contribution in [3.8, 4) is 5.75 Å². The molecule has 0 aromatic heterocycles. The minimum Gasteiger partial charge on any atom is -0.492 e. The Hall–Kier alpha value is -2.67. The topological polar surface area (TPSA) is 46.0 Å². The highest BCUT2D eigenvalue weighted by Gasteiger charge is 2.30. The maximum Gasteiger partial charge on any atom is 0.282 e. The molecule has 28 heavy (non-hydrogen) atoms. The molecule has 0 unspecified atom stereocenters. The van der Waals surface area contributed by atoms with Crippen molar-refractivity contribution in [1.29, 1.82) is 0 Å². The summed E-state index contributed by atoms with van der Waals surface area (Å²) in [4.78, 5) is 15.8. The molecule has 0 saturated carbocycles. The van der Waals surface area contributed by atoms with Crippen LogP contribution in [0.3, 0.4) is 0 Å². The van der Waals surface area contributed by atoms with Crippen molar-refractivity contribution in [3.05, 3.63) is 54.1 Å². The number of nitrogens with one attached hydrogen (secondary N) is 2. The summed E-state index contributed by atoms with van der Waals surface area (Å²) in [5.41, 5.74) is 0.664. The normalized spacial score (nSPS) is 15.9. The number of quaternary nitrogens is 1. The summed E-state index contributed by atoms with van der Waals surface area (Å²) in [7, 11) is 0. The van der Waals surface area contributed by atoms with E-state index < -0.39 is 17.7 Å². The first kappa shape index (κ1) is 20.1. The van der Waals surface area contributed by atoms with Crippen LogP contribution in [0.25, 0.3) is 0 Å². The lowest BCUT2D eigenvalue weighted by atomic mass is 10.1. The Balaban J connectivity index is 1.61. The van der Waals surface area contributed by atoms with E-state index in [-0.39, 0.29) is 11.6 Å². The molecule has 150 valence electrons. The first-order valence-corrected chi connectivity index (χ1v) is 9.57. The molecule has 3 rings (SSSR count). The molecule has 2 aromatic rings. The Morgan fingerprint density at radius 2 is 1.79 bits per heavy atom. The summed E-state index contributed by atoms with van der Waals surface area (Å²) in [6.07, 6.45) is 0. The van der Waals surface area contributed by atoms with Crippen molar-refractivity contribution in [1.82, 2.24) is 0 Å². The molecule has 1 saturated heterocycles.